The number of rotatable bonds is 6. The molecule has 0 N–H and O–H groups in total. The zero-order chi connectivity index (χ0) is 18.1. The van der Waals surface area contributed by atoms with Crippen LogP contribution in [0.3, 0.4) is 0 Å². The molecule has 0 aliphatic heterocycles. The highest BCUT2D eigenvalue weighted by atomic mass is 35.5. The van der Waals surface area contributed by atoms with Gasteiger partial charge >= 0.3 is 0 Å². The summed E-state index contributed by atoms with van der Waals surface area (Å²) in [6.45, 7) is 2.18. The van der Waals surface area contributed by atoms with Gasteiger partial charge in [0.2, 0.25) is 0 Å². The van der Waals surface area contributed by atoms with E-state index in [9.17, 15) is 19.4 Å². The molecule has 0 nitrogen and oxygen atoms in total. The van der Waals surface area contributed by atoms with Gasteiger partial charge in [0.1, 0.15) is 5.75 Å². The van der Waals surface area contributed by atoms with Gasteiger partial charge in [0, 0.05) is 0 Å². The van der Waals surface area contributed by atoms with E-state index in [1.165, 1.54) is 37.8 Å². The summed E-state index contributed by atoms with van der Waals surface area (Å²) >= 11 is 5.59. The summed E-state index contributed by atoms with van der Waals surface area (Å²) in [4.78, 5) is 0. The molecule has 2 rings (SSSR count). The van der Waals surface area contributed by atoms with Crippen LogP contribution in [0.1, 0.15) is 67.9 Å². The molecule has 0 spiro atoms. The molecule has 0 aromatic heterocycles. The minimum absolute atomic E-state index is 0.0911. The third kappa shape index (κ3) is 6.43. The van der Waals surface area contributed by atoms with Crippen molar-refractivity contribution in [1.82, 2.24) is 0 Å². The number of halogens is 6. The van der Waals surface area contributed by atoms with E-state index in [1.807, 2.05) is 0 Å². The van der Waals surface area contributed by atoms with Crippen LogP contribution in [0.25, 0.3) is 0 Å². The van der Waals surface area contributed by atoms with Crippen molar-refractivity contribution >= 4 is 21.8 Å². The second kappa shape index (κ2) is 6.35. The molecule has 1 aromatic rings. The van der Waals surface area contributed by atoms with Crippen LogP contribution in [0.2, 0.25) is 0 Å². The van der Waals surface area contributed by atoms with Crippen molar-refractivity contribution in [2.45, 2.75) is 56.7 Å². The van der Waals surface area contributed by atoms with Crippen LogP contribution in [0.4, 0.5) is 19.4 Å². The Morgan fingerprint density at radius 3 is 2.00 bits per heavy atom. The summed E-state index contributed by atoms with van der Waals surface area (Å²) in [5.41, 5.74) is 1.15. The zero-order valence-electron chi connectivity index (χ0n) is 13.7. The first-order valence-electron chi connectivity index (χ1n) is 8.33. The van der Waals surface area contributed by atoms with Gasteiger partial charge in [-0.15, -0.1) is 11.6 Å². The van der Waals surface area contributed by atoms with Gasteiger partial charge in [-0.2, -0.15) is 0 Å². The molecule has 0 heterocycles. The summed E-state index contributed by atoms with van der Waals surface area (Å²) in [6.07, 6.45) is 6.91. The van der Waals surface area contributed by atoms with Crippen LogP contribution in [-0.4, -0.2) is 5.75 Å². The van der Waals surface area contributed by atoms with Gasteiger partial charge in [0.25, 0.3) is 10.2 Å². The quantitative estimate of drug-likeness (QED) is 0.338. The van der Waals surface area contributed by atoms with Crippen molar-refractivity contribution in [3.05, 3.63) is 35.4 Å². The Labute approximate surface area is 145 Å². The molecule has 0 bridgehead atoms. The maximum absolute atomic E-state index is 12.5. The SMILES string of the molecule is CCCC1CCC(c2ccc(C(Cl)CS(F)(F)(F)(F)F)cc2)CC1. The number of benzene rings is 1. The van der Waals surface area contributed by atoms with Crippen LogP contribution >= 0.6 is 21.8 Å². The van der Waals surface area contributed by atoms with Crippen molar-refractivity contribution in [1.29, 1.82) is 0 Å². The third-order valence-corrected chi connectivity index (χ3v) is 6.33. The van der Waals surface area contributed by atoms with Gasteiger partial charge in [-0.25, -0.2) is 0 Å². The van der Waals surface area contributed by atoms with Crippen LogP contribution in [0.15, 0.2) is 24.3 Å². The molecule has 0 amide bonds. The van der Waals surface area contributed by atoms with E-state index in [0.29, 0.717) is 5.92 Å². The fraction of sp³-hybridized carbons (Fsp3) is 0.647. The lowest BCUT2D eigenvalue weighted by Gasteiger charge is -2.41. The predicted molar refractivity (Wildman–Crippen MR) is 92.6 cm³/mol. The second-order valence-corrected chi connectivity index (χ2v) is 10.1. The van der Waals surface area contributed by atoms with Crippen LogP contribution in [0.5, 0.6) is 0 Å². The lowest BCUT2D eigenvalue weighted by Crippen LogP contribution is -2.16. The molecule has 1 saturated carbocycles. The van der Waals surface area contributed by atoms with Gasteiger partial charge in [0.05, 0.1) is 5.38 Å². The average molecular weight is 391 g/mol. The summed E-state index contributed by atoms with van der Waals surface area (Å²) in [5.74, 6) is -1.09. The third-order valence-electron chi connectivity index (χ3n) is 4.77. The van der Waals surface area contributed by atoms with Crippen molar-refractivity contribution < 1.29 is 19.4 Å². The van der Waals surface area contributed by atoms with Gasteiger partial charge in [-0.1, -0.05) is 63.5 Å². The standard InChI is InChI=1S/C17H24ClF5S/c1-2-3-13-4-6-14(7-5-13)15-8-10-16(11-9-15)17(18)12-24(19,20,21,22)23/h8-11,13-14,17H,2-7,12H2,1H3. The van der Waals surface area contributed by atoms with Crippen molar-refractivity contribution in [2.75, 3.05) is 5.75 Å². The Kier molecular flexibility index (Phi) is 5.24. The molecule has 1 aliphatic carbocycles. The summed E-state index contributed by atoms with van der Waals surface area (Å²) in [6, 6.07) is 6.38. The molecular formula is C17H24ClF5S. The summed E-state index contributed by atoms with van der Waals surface area (Å²) < 4.78 is 62.7. The van der Waals surface area contributed by atoms with Gasteiger partial charge < -0.3 is 0 Å². The highest BCUT2D eigenvalue weighted by Gasteiger charge is 2.64. The first-order valence-corrected chi connectivity index (χ1v) is 10.9. The number of alkyl halides is 1. The maximum Gasteiger partial charge on any atom is 0.287 e. The van der Waals surface area contributed by atoms with Gasteiger partial charge in [-0.05, 0) is 48.6 Å². The number of hydrogen-bond acceptors (Lipinski definition) is 0. The monoisotopic (exact) mass is 390 g/mol. The van der Waals surface area contributed by atoms with E-state index >= 15 is 0 Å². The molecule has 140 valence electrons. The molecule has 1 aliphatic rings. The Balaban J connectivity index is 1.99. The summed E-state index contributed by atoms with van der Waals surface area (Å²) in [5, 5.41) is -1.75. The summed E-state index contributed by atoms with van der Waals surface area (Å²) in [7, 11) is -9.50. The highest BCUT2D eigenvalue weighted by molar-refractivity contribution is 8.45. The topological polar surface area (TPSA) is 0 Å². The van der Waals surface area contributed by atoms with Crippen molar-refractivity contribution in [3.63, 3.8) is 0 Å². The minimum atomic E-state index is -9.50. The first kappa shape index (κ1) is 19.8. The second-order valence-electron chi connectivity index (χ2n) is 6.94. The molecular weight excluding hydrogens is 367 g/mol. The predicted octanol–water partition coefficient (Wildman–Crippen LogP) is 8.34. The van der Waals surface area contributed by atoms with E-state index < -0.39 is 21.4 Å². The lowest BCUT2D eigenvalue weighted by atomic mass is 9.77. The fourth-order valence-electron chi connectivity index (χ4n) is 3.54. The Morgan fingerprint density at radius 2 is 1.54 bits per heavy atom. The van der Waals surface area contributed by atoms with Crippen molar-refractivity contribution in [3.8, 4) is 0 Å². The number of hydrogen-bond donors (Lipinski definition) is 0. The molecule has 0 saturated heterocycles. The molecule has 1 fully saturated rings. The molecule has 24 heavy (non-hydrogen) atoms. The van der Waals surface area contributed by atoms with Crippen molar-refractivity contribution in [2.24, 2.45) is 5.92 Å². The molecule has 0 radical (unpaired) electrons. The largest absolute Gasteiger partial charge is 0.287 e. The zero-order valence-corrected chi connectivity index (χ0v) is 15.2. The lowest BCUT2D eigenvalue weighted by molar-refractivity contribution is 0.308. The normalized spacial score (nSPS) is 26.5. The van der Waals surface area contributed by atoms with Gasteiger partial charge in [-0.3, -0.25) is 0 Å². The van der Waals surface area contributed by atoms with E-state index in [1.54, 1.807) is 12.1 Å². The van der Waals surface area contributed by atoms with Crippen LogP contribution < -0.4 is 0 Å². The molecule has 1 aromatic carbocycles. The van der Waals surface area contributed by atoms with Gasteiger partial charge in [0.15, 0.2) is 0 Å². The Morgan fingerprint density at radius 1 is 1.00 bits per heavy atom. The smallest absolute Gasteiger partial charge is 0.117 e. The highest BCUT2D eigenvalue weighted by Crippen LogP contribution is 2.98. The minimum Gasteiger partial charge on any atom is -0.117 e. The van der Waals surface area contributed by atoms with E-state index in [0.717, 1.165) is 24.3 Å². The Bertz CT molecular complexity index is 546. The van der Waals surface area contributed by atoms with E-state index in [-0.39, 0.29) is 5.56 Å². The first-order chi connectivity index (χ1) is 10.9. The Hall–Kier alpha value is -0.490. The molecule has 1 atom stereocenters. The fourth-order valence-corrected chi connectivity index (χ4v) is 5.15. The van der Waals surface area contributed by atoms with E-state index in [2.05, 4.69) is 6.92 Å². The average Bonchev–Trinajstić information content (AvgIpc) is 2.45. The van der Waals surface area contributed by atoms with E-state index in [4.69, 9.17) is 11.6 Å². The van der Waals surface area contributed by atoms with Crippen LogP contribution in [-0.2, 0) is 0 Å². The molecule has 7 heteroatoms. The van der Waals surface area contributed by atoms with Crippen LogP contribution in [0, 0.1) is 5.92 Å². The molecule has 1 unspecified atom stereocenters. The maximum atomic E-state index is 12.5.